The molecule has 5 nitrogen and oxygen atoms in total. The summed E-state index contributed by atoms with van der Waals surface area (Å²) in [6.45, 7) is 7.43. The van der Waals surface area contributed by atoms with Crippen LogP contribution in [0, 0.1) is 6.92 Å². The minimum absolute atomic E-state index is 0. The molecule has 0 saturated carbocycles. The summed E-state index contributed by atoms with van der Waals surface area (Å²) in [6, 6.07) is 16.4. The van der Waals surface area contributed by atoms with Gasteiger partial charge in [0.25, 0.3) is 0 Å². The molecule has 0 amide bonds. The van der Waals surface area contributed by atoms with Crippen molar-refractivity contribution in [1.82, 2.24) is 10.6 Å². The topological polar surface area (TPSA) is 54.9 Å². The smallest absolute Gasteiger partial charge is 0.191 e. The van der Waals surface area contributed by atoms with Gasteiger partial charge >= 0.3 is 0 Å². The summed E-state index contributed by atoms with van der Waals surface area (Å²) in [4.78, 5) is 4.64. The molecule has 2 N–H and O–H groups in total. The summed E-state index contributed by atoms with van der Waals surface area (Å²) < 4.78 is 10.9. The van der Waals surface area contributed by atoms with Crippen LogP contribution in [0.2, 0.25) is 0 Å². The van der Waals surface area contributed by atoms with Gasteiger partial charge in [0.2, 0.25) is 0 Å². The van der Waals surface area contributed by atoms with E-state index in [1.165, 1.54) is 5.56 Å². The normalized spacial score (nSPS) is 10.9. The Labute approximate surface area is 179 Å². The summed E-state index contributed by atoms with van der Waals surface area (Å²) in [7, 11) is 1.71. The lowest BCUT2D eigenvalue weighted by Crippen LogP contribution is -2.39. The predicted molar refractivity (Wildman–Crippen MR) is 122 cm³/mol. The Kier molecular flexibility index (Phi) is 11.5. The molecule has 148 valence electrons. The molecule has 2 aromatic carbocycles. The lowest BCUT2D eigenvalue weighted by molar-refractivity contribution is 0.185. The van der Waals surface area contributed by atoms with Crippen LogP contribution in [-0.4, -0.2) is 32.8 Å². The van der Waals surface area contributed by atoms with Crippen molar-refractivity contribution in [2.24, 2.45) is 4.99 Å². The van der Waals surface area contributed by atoms with E-state index < -0.39 is 0 Å². The third-order valence-corrected chi connectivity index (χ3v) is 3.75. The van der Waals surface area contributed by atoms with E-state index >= 15 is 0 Å². The highest BCUT2D eigenvalue weighted by Gasteiger charge is 2.00. The molecule has 0 saturated heterocycles. The molecule has 0 unspecified atom stereocenters. The van der Waals surface area contributed by atoms with Crippen molar-refractivity contribution in [3.8, 4) is 5.75 Å². The van der Waals surface area contributed by atoms with Gasteiger partial charge in [-0.3, -0.25) is 0 Å². The summed E-state index contributed by atoms with van der Waals surface area (Å²) in [5, 5.41) is 6.56. The third kappa shape index (κ3) is 9.10. The highest BCUT2D eigenvalue weighted by Crippen LogP contribution is 2.11. The molecule has 0 fully saturated rings. The number of guanidine groups is 1. The first-order valence-corrected chi connectivity index (χ1v) is 8.99. The molecule has 0 radical (unpaired) electrons. The summed E-state index contributed by atoms with van der Waals surface area (Å²) in [6.07, 6.45) is 0. The zero-order valence-corrected chi connectivity index (χ0v) is 18.7. The number of aryl methyl sites for hydroxylation is 1. The van der Waals surface area contributed by atoms with Gasteiger partial charge < -0.3 is 20.1 Å². The molecule has 0 bridgehead atoms. The molecule has 2 rings (SSSR count). The number of nitrogens with one attached hydrogen (secondary N) is 2. The Morgan fingerprint density at radius 2 is 1.78 bits per heavy atom. The van der Waals surface area contributed by atoms with Crippen LogP contribution in [0.5, 0.6) is 5.75 Å². The van der Waals surface area contributed by atoms with Gasteiger partial charge in [-0.2, -0.15) is 0 Å². The standard InChI is InChI=1S/C21H29N3O2.HI/c1-4-22-21(23-12-13-26-20-10-8-17(2)9-11-20)24-15-18-6-5-7-19(14-18)16-25-3;/h5-11,14H,4,12-13,15-16H2,1-3H3,(H2,22,23,24);1H. The fourth-order valence-electron chi connectivity index (χ4n) is 2.47. The van der Waals surface area contributed by atoms with Crippen molar-refractivity contribution in [2.45, 2.75) is 27.0 Å². The minimum atomic E-state index is 0. The van der Waals surface area contributed by atoms with Crippen LogP contribution in [0.1, 0.15) is 23.6 Å². The van der Waals surface area contributed by atoms with E-state index in [0.717, 1.165) is 29.4 Å². The fraction of sp³-hybridized carbons (Fsp3) is 0.381. The van der Waals surface area contributed by atoms with Crippen molar-refractivity contribution in [3.63, 3.8) is 0 Å². The van der Waals surface area contributed by atoms with Gasteiger partial charge in [0.05, 0.1) is 19.7 Å². The monoisotopic (exact) mass is 483 g/mol. The Balaban J connectivity index is 0.00000364. The van der Waals surface area contributed by atoms with E-state index in [-0.39, 0.29) is 24.0 Å². The molecular formula is C21H30IN3O2. The number of halogens is 1. The molecular weight excluding hydrogens is 453 g/mol. The average Bonchev–Trinajstić information content (AvgIpc) is 2.65. The Bertz CT molecular complexity index is 690. The molecule has 0 aliphatic heterocycles. The highest BCUT2D eigenvalue weighted by molar-refractivity contribution is 14.0. The zero-order chi connectivity index (χ0) is 18.6. The maximum Gasteiger partial charge on any atom is 0.191 e. The number of nitrogens with zero attached hydrogens (tertiary/aromatic N) is 1. The number of hydrogen-bond acceptors (Lipinski definition) is 3. The van der Waals surface area contributed by atoms with Crippen molar-refractivity contribution < 1.29 is 9.47 Å². The highest BCUT2D eigenvalue weighted by atomic mass is 127. The number of ether oxygens (including phenoxy) is 2. The first-order valence-electron chi connectivity index (χ1n) is 8.99. The number of hydrogen-bond donors (Lipinski definition) is 2. The summed E-state index contributed by atoms with van der Waals surface area (Å²) in [5.41, 5.74) is 3.55. The molecule has 0 aromatic heterocycles. The zero-order valence-electron chi connectivity index (χ0n) is 16.3. The van der Waals surface area contributed by atoms with E-state index in [9.17, 15) is 0 Å². The van der Waals surface area contributed by atoms with Gasteiger partial charge in [-0.15, -0.1) is 24.0 Å². The molecule has 2 aromatic rings. The first kappa shape index (κ1) is 23.2. The summed E-state index contributed by atoms with van der Waals surface area (Å²) in [5.74, 6) is 1.67. The predicted octanol–water partition coefficient (Wildman–Crippen LogP) is 3.89. The van der Waals surface area contributed by atoms with Crippen LogP contribution in [0.25, 0.3) is 0 Å². The van der Waals surface area contributed by atoms with Gasteiger partial charge in [-0.1, -0.05) is 42.0 Å². The van der Waals surface area contributed by atoms with Crippen LogP contribution in [0.15, 0.2) is 53.5 Å². The Morgan fingerprint density at radius 3 is 2.48 bits per heavy atom. The maximum atomic E-state index is 5.74. The second kappa shape index (κ2) is 13.4. The van der Waals surface area contributed by atoms with Crippen LogP contribution in [0.4, 0.5) is 0 Å². The molecule has 6 heteroatoms. The lowest BCUT2D eigenvalue weighted by Gasteiger charge is -2.12. The Hall–Kier alpha value is -1.80. The molecule has 0 spiro atoms. The van der Waals surface area contributed by atoms with Crippen LogP contribution < -0.4 is 15.4 Å². The summed E-state index contributed by atoms with van der Waals surface area (Å²) >= 11 is 0. The quantitative estimate of drug-likeness (QED) is 0.246. The van der Waals surface area contributed by atoms with Gasteiger partial charge in [0.15, 0.2) is 5.96 Å². The van der Waals surface area contributed by atoms with Crippen molar-refractivity contribution in [2.75, 3.05) is 26.8 Å². The number of aliphatic imine (C=N–C) groups is 1. The van der Waals surface area contributed by atoms with Gasteiger partial charge in [0, 0.05) is 13.7 Å². The van der Waals surface area contributed by atoms with Crippen molar-refractivity contribution in [3.05, 3.63) is 65.2 Å². The number of methoxy groups -OCH3 is 1. The van der Waals surface area contributed by atoms with Gasteiger partial charge in [-0.25, -0.2) is 4.99 Å². The number of benzene rings is 2. The van der Waals surface area contributed by atoms with Gasteiger partial charge in [0.1, 0.15) is 12.4 Å². The van der Waals surface area contributed by atoms with E-state index in [2.05, 4.69) is 47.7 Å². The molecule has 0 aliphatic carbocycles. The van der Waals surface area contributed by atoms with E-state index in [0.29, 0.717) is 26.3 Å². The molecule has 0 atom stereocenters. The van der Waals surface area contributed by atoms with Crippen molar-refractivity contribution >= 4 is 29.9 Å². The third-order valence-electron chi connectivity index (χ3n) is 3.75. The van der Waals surface area contributed by atoms with Gasteiger partial charge in [-0.05, 0) is 37.1 Å². The van der Waals surface area contributed by atoms with Crippen LogP contribution >= 0.6 is 24.0 Å². The minimum Gasteiger partial charge on any atom is -0.492 e. The van der Waals surface area contributed by atoms with E-state index in [1.54, 1.807) is 7.11 Å². The molecule has 0 aliphatic rings. The first-order chi connectivity index (χ1) is 12.7. The maximum absolute atomic E-state index is 5.74. The largest absolute Gasteiger partial charge is 0.492 e. The SMILES string of the molecule is CCNC(=NCc1cccc(COC)c1)NCCOc1ccc(C)cc1.I. The van der Waals surface area contributed by atoms with Crippen LogP contribution in [-0.2, 0) is 17.9 Å². The Morgan fingerprint density at radius 1 is 1.04 bits per heavy atom. The second-order valence-corrected chi connectivity index (χ2v) is 6.04. The average molecular weight is 483 g/mol. The number of rotatable bonds is 9. The van der Waals surface area contributed by atoms with E-state index in [1.807, 2.05) is 30.3 Å². The van der Waals surface area contributed by atoms with Crippen molar-refractivity contribution in [1.29, 1.82) is 0 Å². The second-order valence-electron chi connectivity index (χ2n) is 6.04. The molecule has 0 heterocycles. The molecule has 27 heavy (non-hydrogen) atoms. The fourth-order valence-corrected chi connectivity index (χ4v) is 2.47. The lowest BCUT2D eigenvalue weighted by atomic mass is 10.1. The van der Waals surface area contributed by atoms with Crippen LogP contribution in [0.3, 0.4) is 0 Å². The van der Waals surface area contributed by atoms with E-state index in [4.69, 9.17) is 9.47 Å².